The minimum Gasteiger partial charge on any atom is -0.352 e. The first-order valence-electron chi connectivity index (χ1n) is 9.27. The molecule has 5 nitrogen and oxygen atoms in total. The lowest BCUT2D eigenvalue weighted by molar-refractivity contribution is 0.405. The molecule has 1 saturated heterocycles. The van der Waals surface area contributed by atoms with Crippen LogP contribution in [-0.4, -0.2) is 40.4 Å². The molecule has 0 spiro atoms. The van der Waals surface area contributed by atoms with Crippen LogP contribution in [0.1, 0.15) is 13.8 Å². The lowest BCUT2D eigenvalue weighted by atomic mass is 10.1. The number of nitrogens with zero attached hydrogens (tertiary/aromatic N) is 4. The number of hydrogen-bond donors (Lipinski definition) is 1. The van der Waals surface area contributed by atoms with Crippen LogP contribution in [0.15, 0.2) is 48.5 Å². The Labute approximate surface area is 174 Å². The van der Waals surface area contributed by atoms with Gasteiger partial charge >= 0.3 is 0 Å². The minimum atomic E-state index is 0.357. The van der Waals surface area contributed by atoms with Crippen molar-refractivity contribution in [3.63, 3.8) is 0 Å². The molecule has 1 aliphatic heterocycles. The molecule has 1 aliphatic rings. The second-order valence-electron chi connectivity index (χ2n) is 7.20. The van der Waals surface area contributed by atoms with Gasteiger partial charge in [-0.3, -0.25) is 0 Å². The van der Waals surface area contributed by atoms with Gasteiger partial charge in [0.2, 0.25) is 0 Å². The molecule has 0 saturated carbocycles. The summed E-state index contributed by atoms with van der Waals surface area (Å²) in [5.41, 5.74) is 2.59. The van der Waals surface area contributed by atoms with E-state index in [4.69, 9.17) is 28.2 Å². The zero-order valence-corrected chi connectivity index (χ0v) is 17.2. The maximum Gasteiger partial charge on any atom is 0.183 e. The molecule has 0 radical (unpaired) electrons. The zero-order valence-electron chi connectivity index (χ0n) is 15.7. The summed E-state index contributed by atoms with van der Waals surface area (Å²) in [6.45, 7) is 6.06. The Bertz CT molecular complexity index is 950. The Kier molecular flexibility index (Phi) is 5.49. The normalized spacial score (nSPS) is 19.6. The fourth-order valence-electron chi connectivity index (χ4n) is 3.55. The van der Waals surface area contributed by atoms with Crippen molar-refractivity contribution < 1.29 is 0 Å². The monoisotopic (exact) mass is 413 g/mol. The Morgan fingerprint density at radius 1 is 0.821 bits per heavy atom. The van der Waals surface area contributed by atoms with Gasteiger partial charge in [0.05, 0.1) is 0 Å². The van der Waals surface area contributed by atoms with Crippen molar-refractivity contribution in [3.8, 4) is 22.6 Å². The van der Waals surface area contributed by atoms with Crippen LogP contribution in [-0.2, 0) is 0 Å². The van der Waals surface area contributed by atoms with Crippen molar-refractivity contribution in [1.82, 2.24) is 20.5 Å². The van der Waals surface area contributed by atoms with Crippen molar-refractivity contribution in [1.29, 1.82) is 0 Å². The van der Waals surface area contributed by atoms with E-state index in [9.17, 15) is 0 Å². The quantitative estimate of drug-likeness (QED) is 0.674. The number of halogens is 2. The second kappa shape index (κ2) is 8.03. The first kappa shape index (κ1) is 19.1. The maximum atomic E-state index is 6.06. The molecule has 2 heterocycles. The van der Waals surface area contributed by atoms with E-state index in [1.54, 1.807) is 0 Å². The smallest absolute Gasteiger partial charge is 0.183 e. The van der Waals surface area contributed by atoms with Gasteiger partial charge < -0.3 is 10.2 Å². The van der Waals surface area contributed by atoms with Crippen molar-refractivity contribution in [2.45, 2.75) is 25.9 Å². The molecule has 1 fully saturated rings. The molecule has 0 aliphatic carbocycles. The molecule has 1 N–H and O–H groups in total. The lowest BCUT2D eigenvalue weighted by Gasteiger charge is -2.37. The number of nitrogens with one attached hydrogen (secondary N) is 1. The molecule has 7 heteroatoms. The number of benzene rings is 2. The number of anilines is 1. The van der Waals surface area contributed by atoms with Crippen LogP contribution in [0.3, 0.4) is 0 Å². The average Bonchev–Trinajstić information content (AvgIpc) is 2.68. The third-order valence-electron chi connectivity index (χ3n) is 4.75. The van der Waals surface area contributed by atoms with Crippen LogP contribution in [0.25, 0.3) is 22.6 Å². The fourth-order valence-corrected chi connectivity index (χ4v) is 3.81. The molecule has 1 aromatic heterocycles. The van der Waals surface area contributed by atoms with Gasteiger partial charge in [0, 0.05) is 46.3 Å². The van der Waals surface area contributed by atoms with Gasteiger partial charge in [-0.05, 0) is 50.2 Å². The number of piperazine rings is 1. The summed E-state index contributed by atoms with van der Waals surface area (Å²) in [4.78, 5) is 7.19. The standard InChI is InChI=1S/C21H21Cl2N5/c1-13-11-28(12-14(2)24-13)21-19(15-3-7-17(22)8-4-15)26-27-20(25-21)16-5-9-18(23)10-6-16/h3-10,13-14,24H,11-12H2,1-2H3/t13-,14-/m0/s1. The van der Waals surface area contributed by atoms with E-state index in [1.807, 2.05) is 48.5 Å². The van der Waals surface area contributed by atoms with Gasteiger partial charge in [0.25, 0.3) is 0 Å². The van der Waals surface area contributed by atoms with Crippen LogP contribution in [0.5, 0.6) is 0 Å². The molecule has 0 amide bonds. The van der Waals surface area contributed by atoms with Crippen LogP contribution in [0, 0.1) is 0 Å². The van der Waals surface area contributed by atoms with E-state index in [2.05, 4.69) is 34.3 Å². The number of aromatic nitrogens is 3. The van der Waals surface area contributed by atoms with Crippen LogP contribution in [0.4, 0.5) is 5.82 Å². The Morgan fingerprint density at radius 3 is 1.93 bits per heavy atom. The summed E-state index contributed by atoms with van der Waals surface area (Å²) in [6.07, 6.45) is 0. The predicted molar refractivity (Wildman–Crippen MR) is 115 cm³/mol. The van der Waals surface area contributed by atoms with Gasteiger partial charge in [-0.1, -0.05) is 35.3 Å². The highest BCUT2D eigenvalue weighted by atomic mass is 35.5. The largest absolute Gasteiger partial charge is 0.352 e. The fraction of sp³-hybridized carbons (Fsp3) is 0.286. The summed E-state index contributed by atoms with van der Waals surface area (Å²) in [5, 5.41) is 13.9. The Hall–Kier alpha value is -2.21. The number of hydrogen-bond acceptors (Lipinski definition) is 5. The van der Waals surface area contributed by atoms with E-state index >= 15 is 0 Å². The lowest BCUT2D eigenvalue weighted by Crippen LogP contribution is -2.54. The highest BCUT2D eigenvalue weighted by Gasteiger charge is 2.26. The van der Waals surface area contributed by atoms with Crippen molar-refractivity contribution in [3.05, 3.63) is 58.6 Å². The summed E-state index contributed by atoms with van der Waals surface area (Å²) in [5.74, 6) is 1.42. The SMILES string of the molecule is C[C@H]1CN(c2nc(-c3ccc(Cl)cc3)nnc2-c2ccc(Cl)cc2)C[C@H](C)N1. The van der Waals surface area contributed by atoms with E-state index in [-0.39, 0.29) is 0 Å². The highest BCUT2D eigenvalue weighted by Crippen LogP contribution is 2.31. The molecule has 2 aromatic carbocycles. The van der Waals surface area contributed by atoms with E-state index in [1.165, 1.54) is 0 Å². The van der Waals surface area contributed by atoms with Crippen LogP contribution >= 0.6 is 23.2 Å². The first-order chi connectivity index (χ1) is 13.5. The van der Waals surface area contributed by atoms with Crippen LogP contribution < -0.4 is 10.2 Å². The van der Waals surface area contributed by atoms with E-state index in [0.29, 0.717) is 28.0 Å². The summed E-state index contributed by atoms with van der Waals surface area (Å²) < 4.78 is 0. The summed E-state index contributed by atoms with van der Waals surface area (Å²) in [7, 11) is 0. The van der Waals surface area contributed by atoms with Crippen molar-refractivity contribution in [2.24, 2.45) is 0 Å². The van der Waals surface area contributed by atoms with Gasteiger partial charge in [0.15, 0.2) is 11.6 Å². The van der Waals surface area contributed by atoms with Gasteiger partial charge in [-0.2, -0.15) is 0 Å². The molecule has 3 aromatic rings. The average molecular weight is 414 g/mol. The van der Waals surface area contributed by atoms with E-state index < -0.39 is 0 Å². The zero-order chi connectivity index (χ0) is 19.7. The van der Waals surface area contributed by atoms with E-state index in [0.717, 1.165) is 35.7 Å². The molecule has 0 unspecified atom stereocenters. The van der Waals surface area contributed by atoms with Gasteiger partial charge in [-0.25, -0.2) is 4.98 Å². The third kappa shape index (κ3) is 4.12. The van der Waals surface area contributed by atoms with Crippen molar-refractivity contribution >= 4 is 29.0 Å². The summed E-state index contributed by atoms with van der Waals surface area (Å²) in [6, 6.07) is 15.8. The molecule has 2 atom stereocenters. The van der Waals surface area contributed by atoms with Gasteiger partial charge in [0.1, 0.15) is 5.69 Å². The predicted octanol–water partition coefficient (Wildman–Crippen LogP) is 4.70. The highest BCUT2D eigenvalue weighted by molar-refractivity contribution is 6.30. The summed E-state index contributed by atoms with van der Waals surface area (Å²) >= 11 is 12.1. The van der Waals surface area contributed by atoms with Gasteiger partial charge in [-0.15, -0.1) is 10.2 Å². The Balaban J connectivity index is 1.81. The molecular formula is C21H21Cl2N5. The van der Waals surface area contributed by atoms with Crippen LogP contribution in [0.2, 0.25) is 10.0 Å². The first-order valence-corrected chi connectivity index (χ1v) is 10.0. The molecule has 0 bridgehead atoms. The molecule has 144 valence electrons. The minimum absolute atomic E-state index is 0.357. The maximum absolute atomic E-state index is 6.06. The van der Waals surface area contributed by atoms with Crippen molar-refractivity contribution in [2.75, 3.05) is 18.0 Å². The third-order valence-corrected chi connectivity index (χ3v) is 5.25. The molecule has 28 heavy (non-hydrogen) atoms. The topological polar surface area (TPSA) is 53.9 Å². The number of rotatable bonds is 3. The molecular weight excluding hydrogens is 393 g/mol. The second-order valence-corrected chi connectivity index (χ2v) is 8.07. The molecule has 4 rings (SSSR count). The Morgan fingerprint density at radius 2 is 1.36 bits per heavy atom.